The van der Waals surface area contributed by atoms with E-state index in [2.05, 4.69) is 34.9 Å². The van der Waals surface area contributed by atoms with Crippen LogP contribution >= 0.6 is 0 Å². The summed E-state index contributed by atoms with van der Waals surface area (Å²) in [6, 6.07) is 7.31. The molecule has 0 aliphatic carbocycles. The summed E-state index contributed by atoms with van der Waals surface area (Å²) < 4.78 is 0. The second-order valence-corrected chi connectivity index (χ2v) is 2.06. The summed E-state index contributed by atoms with van der Waals surface area (Å²) in [7, 11) is 0. The predicted octanol–water partition coefficient (Wildman–Crippen LogP) is 2.66. The zero-order chi connectivity index (χ0) is 8.81. The fraction of sp³-hybridized carbons (Fsp3) is 0. The van der Waals surface area contributed by atoms with E-state index in [-0.39, 0.29) is 0 Å². The van der Waals surface area contributed by atoms with Crippen LogP contribution in [0, 0.1) is 0 Å². The topological polar surface area (TPSA) is 24.7 Å². The van der Waals surface area contributed by atoms with Crippen LogP contribution in [-0.4, -0.2) is 11.7 Å². The molecule has 0 radical (unpaired) electrons. The van der Waals surface area contributed by atoms with Crippen LogP contribution < -0.4 is 0 Å². The lowest BCUT2D eigenvalue weighted by Gasteiger charge is -1.91. The molecule has 2 nitrogen and oxygen atoms in total. The molecule has 0 amide bonds. The maximum absolute atomic E-state index is 3.87. The number of hydrogen-bond acceptors (Lipinski definition) is 2. The summed E-state index contributed by atoms with van der Waals surface area (Å²) in [5.41, 5.74) is 1.63. The van der Waals surface area contributed by atoms with Gasteiger partial charge in [-0.1, -0.05) is 0 Å². The molecule has 0 saturated carbocycles. The molecule has 0 heterocycles. The third-order valence-corrected chi connectivity index (χ3v) is 1.27. The molecule has 0 atom stereocenters. The van der Waals surface area contributed by atoms with Crippen LogP contribution in [-0.2, 0) is 0 Å². The van der Waals surface area contributed by atoms with Gasteiger partial charge >= 0.3 is 0 Å². The lowest BCUT2D eigenvalue weighted by Crippen LogP contribution is -1.64. The van der Waals surface area contributed by atoms with E-state index in [0.717, 1.165) is 11.4 Å². The summed E-state index contributed by atoms with van der Waals surface area (Å²) in [4.78, 5) is 7.74. The molecular formula is C10H8N2. The fourth-order valence-corrected chi connectivity index (χ4v) is 0.784. The molecule has 1 aromatic rings. The lowest BCUT2D eigenvalue weighted by atomic mass is 10.3. The van der Waals surface area contributed by atoms with Crippen molar-refractivity contribution in [2.24, 2.45) is 9.98 Å². The molecule has 0 aromatic heterocycles. The van der Waals surface area contributed by atoms with Crippen molar-refractivity contribution in [1.82, 2.24) is 0 Å². The summed E-state index contributed by atoms with van der Waals surface area (Å²) in [5, 5.41) is 0. The van der Waals surface area contributed by atoms with Crippen molar-refractivity contribution < 1.29 is 0 Å². The molecule has 2 heteroatoms. The Hall–Kier alpha value is -1.88. The Balaban J connectivity index is 2.99. The van der Waals surface area contributed by atoms with Crippen LogP contribution in [0.1, 0.15) is 0 Å². The third-order valence-electron chi connectivity index (χ3n) is 1.27. The molecular weight excluding hydrogens is 148 g/mol. The Morgan fingerprint density at radius 1 is 0.833 bits per heavy atom. The van der Waals surface area contributed by atoms with Crippen molar-refractivity contribution in [2.45, 2.75) is 0 Å². The Morgan fingerprint density at radius 2 is 1.17 bits per heavy atom. The molecule has 0 N–H and O–H groups in total. The smallest absolute Gasteiger partial charge is 0.0731 e. The van der Waals surface area contributed by atoms with Crippen molar-refractivity contribution in [3.8, 4) is 0 Å². The zero-order valence-corrected chi connectivity index (χ0v) is 6.62. The Labute approximate surface area is 71.3 Å². The maximum Gasteiger partial charge on any atom is 0.0731 e. The summed E-state index contributed by atoms with van der Waals surface area (Å²) >= 11 is 0. The van der Waals surface area contributed by atoms with E-state index in [9.17, 15) is 0 Å². The average Bonchev–Trinajstić information content (AvgIpc) is 2.09. The molecule has 0 aliphatic heterocycles. The molecule has 58 valence electrons. The first-order chi connectivity index (χ1) is 5.86. The van der Waals surface area contributed by atoms with Gasteiger partial charge in [0.25, 0.3) is 0 Å². The second-order valence-electron chi connectivity index (χ2n) is 2.06. The van der Waals surface area contributed by atoms with Crippen molar-refractivity contribution in [3.05, 3.63) is 37.4 Å². The van der Waals surface area contributed by atoms with Gasteiger partial charge in [0.2, 0.25) is 0 Å². The number of nitrogens with zero attached hydrogens (tertiary/aromatic N) is 2. The van der Waals surface area contributed by atoms with Crippen molar-refractivity contribution >= 4 is 23.1 Å². The molecule has 12 heavy (non-hydrogen) atoms. The molecule has 0 spiro atoms. The van der Waals surface area contributed by atoms with E-state index >= 15 is 0 Å². The molecule has 0 saturated heterocycles. The highest BCUT2D eigenvalue weighted by molar-refractivity contribution is 5.60. The van der Waals surface area contributed by atoms with E-state index in [4.69, 9.17) is 0 Å². The van der Waals surface area contributed by atoms with Crippen LogP contribution in [0.2, 0.25) is 0 Å². The van der Waals surface area contributed by atoms with E-state index in [1.807, 2.05) is 24.3 Å². The van der Waals surface area contributed by atoms with Gasteiger partial charge in [0.15, 0.2) is 0 Å². The highest BCUT2D eigenvalue weighted by Gasteiger charge is 1.87. The normalized spacial score (nSPS) is 8.00. The van der Waals surface area contributed by atoms with Crippen LogP contribution in [0.5, 0.6) is 0 Å². The fourth-order valence-electron chi connectivity index (χ4n) is 0.784. The van der Waals surface area contributed by atoms with Crippen molar-refractivity contribution in [2.75, 3.05) is 0 Å². The maximum atomic E-state index is 3.87. The number of aliphatic imine (C=N–C) groups is 2. The zero-order valence-electron chi connectivity index (χ0n) is 6.62. The Morgan fingerprint density at radius 3 is 1.42 bits per heavy atom. The highest BCUT2D eigenvalue weighted by Crippen LogP contribution is 2.17. The number of benzene rings is 1. The first-order valence-corrected chi connectivity index (χ1v) is 3.42. The van der Waals surface area contributed by atoms with Gasteiger partial charge < -0.3 is 0 Å². The summed E-state index contributed by atoms with van der Waals surface area (Å²) in [6.07, 6.45) is 0. The van der Waals surface area contributed by atoms with Crippen LogP contribution in [0.3, 0.4) is 0 Å². The van der Waals surface area contributed by atoms with Crippen molar-refractivity contribution in [1.29, 1.82) is 0 Å². The molecule has 0 bridgehead atoms. The standard InChI is InChI=1S/C10H8N2/c1-3-11-9-5-7-10(8-6-9)12-4-2/h5-8H,1-2H2. The number of hydrogen-bond donors (Lipinski definition) is 0. The summed E-state index contributed by atoms with van der Waals surface area (Å²) in [5.74, 6) is 4.90. The second kappa shape index (κ2) is 4.09. The van der Waals surface area contributed by atoms with E-state index in [0.29, 0.717) is 0 Å². The van der Waals surface area contributed by atoms with Gasteiger partial charge in [0.05, 0.1) is 11.4 Å². The minimum absolute atomic E-state index is 0.813. The first-order valence-electron chi connectivity index (χ1n) is 3.42. The first kappa shape index (κ1) is 8.22. The number of rotatable bonds is 2. The van der Waals surface area contributed by atoms with Gasteiger partial charge in [-0.15, -0.1) is 0 Å². The lowest BCUT2D eigenvalue weighted by molar-refractivity contribution is 1.50. The van der Waals surface area contributed by atoms with Crippen LogP contribution in [0.4, 0.5) is 11.4 Å². The largest absolute Gasteiger partial charge is 0.207 e. The van der Waals surface area contributed by atoms with E-state index in [1.54, 1.807) is 0 Å². The highest BCUT2D eigenvalue weighted by atomic mass is 14.7. The molecule has 0 aliphatic rings. The average molecular weight is 156 g/mol. The van der Waals surface area contributed by atoms with Gasteiger partial charge in [-0.2, -0.15) is 0 Å². The van der Waals surface area contributed by atoms with Gasteiger partial charge in [0, 0.05) is 0 Å². The van der Waals surface area contributed by atoms with Gasteiger partial charge in [-0.3, -0.25) is 0 Å². The van der Waals surface area contributed by atoms with Gasteiger partial charge in [-0.25, -0.2) is 9.98 Å². The minimum atomic E-state index is 0.813. The van der Waals surface area contributed by atoms with Gasteiger partial charge in [-0.05, 0) is 49.2 Å². The molecule has 0 unspecified atom stereocenters. The quantitative estimate of drug-likeness (QED) is 0.588. The van der Waals surface area contributed by atoms with Crippen molar-refractivity contribution in [3.63, 3.8) is 0 Å². The Kier molecular flexibility index (Phi) is 2.80. The summed E-state index contributed by atoms with van der Waals surface area (Å²) in [6.45, 7) is 6.75. The van der Waals surface area contributed by atoms with E-state index < -0.39 is 0 Å². The predicted molar refractivity (Wildman–Crippen MR) is 51.9 cm³/mol. The molecule has 0 fully saturated rings. The minimum Gasteiger partial charge on any atom is -0.207 e. The molecule has 1 aromatic carbocycles. The van der Waals surface area contributed by atoms with Crippen LogP contribution in [0.25, 0.3) is 0 Å². The monoisotopic (exact) mass is 156 g/mol. The third kappa shape index (κ3) is 2.06. The van der Waals surface area contributed by atoms with Crippen LogP contribution in [0.15, 0.2) is 47.4 Å². The molecule has 1 rings (SSSR count). The SMILES string of the molecule is C=C=Nc1ccc(N=C=C)cc1. The van der Waals surface area contributed by atoms with E-state index in [1.165, 1.54) is 0 Å². The Bertz CT molecular complexity index is 313. The van der Waals surface area contributed by atoms with Gasteiger partial charge in [0.1, 0.15) is 0 Å².